The third kappa shape index (κ3) is 3.56. The number of sulfonamides is 1. The van der Waals surface area contributed by atoms with Crippen molar-refractivity contribution in [2.45, 2.75) is 31.6 Å². The van der Waals surface area contributed by atoms with E-state index in [1.807, 2.05) is 20.8 Å². The van der Waals surface area contributed by atoms with E-state index >= 15 is 0 Å². The van der Waals surface area contributed by atoms with Gasteiger partial charge in [-0.15, -0.1) is 0 Å². The molecule has 0 radical (unpaired) electrons. The maximum absolute atomic E-state index is 12.7. The molecule has 118 valence electrons. The molecule has 5 nitrogen and oxygen atoms in total. The van der Waals surface area contributed by atoms with Crippen LogP contribution in [0.25, 0.3) is 0 Å². The Labute approximate surface area is 126 Å². The first kappa shape index (κ1) is 16.3. The van der Waals surface area contributed by atoms with Gasteiger partial charge >= 0.3 is 0 Å². The van der Waals surface area contributed by atoms with E-state index in [4.69, 9.17) is 9.47 Å². The molecule has 0 aliphatic carbocycles. The standard InChI is InChI=1S/C15H23NO4S/c1-4-20-15-6-5-13(11-14(15)12(2)3)21(17,18)16-7-9-19-10-8-16/h5-6,11-12H,4,7-10H2,1-3H3. The van der Waals surface area contributed by atoms with Crippen LogP contribution in [-0.2, 0) is 14.8 Å². The van der Waals surface area contributed by atoms with Gasteiger partial charge in [0.1, 0.15) is 5.75 Å². The lowest BCUT2D eigenvalue weighted by atomic mass is 10.0. The zero-order chi connectivity index (χ0) is 15.5. The lowest BCUT2D eigenvalue weighted by Gasteiger charge is -2.26. The van der Waals surface area contributed by atoms with Crippen LogP contribution in [0.5, 0.6) is 5.75 Å². The van der Waals surface area contributed by atoms with Crippen LogP contribution in [0, 0.1) is 0 Å². The van der Waals surface area contributed by atoms with Gasteiger partial charge < -0.3 is 9.47 Å². The molecule has 0 unspecified atom stereocenters. The second-order valence-electron chi connectivity index (χ2n) is 5.30. The molecule has 21 heavy (non-hydrogen) atoms. The summed E-state index contributed by atoms with van der Waals surface area (Å²) < 4.78 is 37.6. The van der Waals surface area contributed by atoms with Gasteiger partial charge in [-0.3, -0.25) is 0 Å². The summed E-state index contributed by atoms with van der Waals surface area (Å²) in [4.78, 5) is 0.330. The normalized spacial score (nSPS) is 17.1. The van der Waals surface area contributed by atoms with E-state index in [9.17, 15) is 8.42 Å². The fourth-order valence-corrected chi connectivity index (χ4v) is 3.80. The van der Waals surface area contributed by atoms with Crippen molar-refractivity contribution in [3.05, 3.63) is 23.8 Å². The highest BCUT2D eigenvalue weighted by molar-refractivity contribution is 7.89. The van der Waals surface area contributed by atoms with Gasteiger partial charge in [-0.25, -0.2) is 8.42 Å². The van der Waals surface area contributed by atoms with Crippen LogP contribution in [0.1, 0.15) is 32.3 Å². The number of hydrogen-bond acceptors (Lipinski definition) is 4. The average Bonchev–Trinajstić information content (AvgIpc) is 2.48. The molecule has 6 heteroatoms. The van der Waals surface area contributed by atoms with Gasteiger partial charge in [0.15, 0.2) is 0 Å². The zero-order valence-electron chi connectivity index (χ0n) is 12.8. The van der Waals surface area contributed by atoms with Crippen LogP contribution in [0.2, 0.25) is 0 Å². The van der Waals surface area contributed by atoms with E-state index < -0.39 is 10.0 Å². The van der Waals surface area contributed by atoms with Crippen molar-refractivity contribution in [2.24, 2.45) is 0 Å². The summed E-state index contributed by atoms with van der Waals surface area (Å²) in [6.45, 7) is 8.27. The van der Waals surface area contributed by atoms with Crippen LogP contribution >= 0.6 is 0 Å². The van der Waals surface area contributed by atoms with Crippen LogP contribution < -0.4 is 4.74 Å². The van der Waals surface area contributed by atoms with E-state index in [-0.39, 0.29) is 5.92 Å². The van der Waals surface area contributed by atoms with Gasteiger partial charge in [0, 0.05) is 13.1 Å². The van der Waals surface area contributed by atoms with Crippen molar-refractivity contribution in [3.8, 4) is 5.75 Å². The van der Waals surface area contributed by atoms with Crippen molar-refractivity contribution in [2.75, 3.05) is 32.9 Å². The van der Waals surface area contributed by atoms with Gasteiger partial charge in [-0.05, 0) is 36.6 Å². The molecule has 1 aliphatic rings. The Hall–Kier alpha value is -1.11. The van der Waals surface area contributed by atoms with Gasteiger partial charge in [0.2, 0.25) is 10.0 Å². The van der Waals surface area contributed by atoms with Crippen molar-refractivity contribution in [3.63, 3.8) is 0 Å². The molecule has 1 aromatic rings. The highest BCUT2D eigenvalue weighted by atomic mass is 32.2. The molecule has 0 atom stereocenters. The molecule has 1 heterocycles. The third-order valence-corrected chi connectivity index (χ3v) is 5.41. The van der Waals surface area contributed by atoms with Crippen LogP contribution in [0.3, 0.4) is 0 Å². The number of benzene rings is 1. The minimum Gasteiger partial charge on any atom is -0.494 e. The van der Waals surface area contributed by atoms with E-state index in [1.54, 1.807) is 18.2 Å². The number of rotatable bonds is 5. The summed E-state index contributed by atoms with van der Waals surface area (Å²) in [7, 11) is -3.45. The van der Waals surface area contributed by atoms with E-state index in [2.05, 4.69) is 0 Å². The maximum atomic E-state index is 12.7. The summed E-state index contributed by atoms with van der Waals surface area (Å²) in [6, 6.07) is 5.12. The molecule has 1 aromatic carbocycles. The molecule has 2 rings (SSSR count). The molecule has 0 spiro atoms. The Morgan fingerprint density at radius 1 is 1.29 bits per heavy atom. The number of ether oxygens (including phenoxy) is 2. The highest BCUT2D eigenvalue weighted by Crippen LogP contribution is 2.30. The minimum atomic E-state index is -3.45. The Kier molecular flexibility index (Phi) is 5.24. The lowest BCUT2D eigenvalue weighted by Crippen LogP contribution is -2.40. The first-order valence-corrected chi connectivity index (χ1v) is 8.75. The summed E-state index contributed by atoms with van der Waals surface area (Å²) in [5.41, 5.74) is 0.922. The van der Waals surface area contributed by atoms with Gasteiger partial charge in [0.25, 0.3) is 0 Å². The van der Waals surface area contributed by atoms with Crippen molar-refractivity contribution in [1.82, 2.24) is 4.31 Å². The Bertz CT molecular complexity index is 577. The largest absolute Gasteiger partial charge is 0.494 e. The molecule has 0 aromatic heterocycles. The number of nitrogens with zero attached hydrogens (tertiary/aromatic N) is 1. The predicted molar refractivity (Wildman–Crippen MR) is 81.3 cm³/mol. The molecule has 0 N–H and O–H groups in total. The van der Waals surface area contributed by atoms with Gasteiger partial charge in [0.05, 0.1) is 24.7 Å². The second-order valence-corrected chi connectivity index (χ2v) is 7.24. The molecular weight excluding hydrogens is 290 g/mol. The molecule has 0 saturated carbocycles. The quantitative estimate of drug-likeness (QED) is 0.836. The number of morpholine rings is 1. The fourth-order valence-electron chi connectivity index (χ4n) is 2.36. The highest BCUT2D eigenvalue weighted by Gasteiger charge is 2.27. The van der Waals surface area contributed by atoms with Crippen LogP contribution in [0.15, 0.2) is 23.1 Å². The van der Waals surface area contributed by atoms with E-state index in [0.29, 0.717) is 37.8 Å². The SMILES string of the molecule is CCOc1ccc(S(=O)(=O)N2CCOCC2)cc1C(C)C. The lowest BCUT2D eigenvalue weighted by molar-refractivity contribution is 0.0730. The van der Waals surface area contributed by atoms with Crippen molar-refractivity contribution < 1.29 is 17.9 Å². The predicted octanol–water partition coefficient (Wildman–Crippen LogP) is 2.23. The van der Waals surface area contributed by atoms with E-state index in [0.717, 1.165) is 11.3 Å². The molecule has 0 bridgehead atoms. The van der Waals surface area contributed by atoms with E-state index in [1.165, 1.54) is 4.31 Å². The summed E-state index contributed by atoms with van der Waals surface area (Å²) in [6.07, 6.45) is 0. The first-order chi connectivity index (χ1) is 9.96. The van der Waals surface area contributed by atoms with Crippen LogP contribution in [0.4, 0.5) is 0 Å². The molecule has 1 aliphatic heterocycles. The smallest absolute Gasteiger partial charge is 0.243 e. The minimum absolute atomic E-state index is 0.200. The van der Waals surface area contributed by atoms with Crippen molar-refractivity contribution in [1.29, 1.82) is 0 Å². The molecule has 0 amide bonds. The maximum Gasteiger partial charge on any atom is 0.243 e. The van der Waals surface area contributed by atoms with Crippen LogP contribution in [-0.4, -0.2) is 45.6 Å². The topological polar surface area (TPSA) is 55.8 Å². The molecular formula is C15H23NO4S. The second kappa shape index (κ2) is 6.77. The monoisotopic (exact) mass is 313 g/mol. The Balaban J connectivity index is 2.37. The zero-order valence-corrected chi connectivity index (χ0v) is 13.6. The fraction of sp³-hybridized carbons (Fsp3) is 0.600. The molecule has 1 saturated heterocycles. The Morgan fingerprint density at radius 3 is 2.52 bits per heavy atom. The first-order valence-electron chi connectivity index (χ1n) is 7.31. The Morgan fingerprint density at radius 2 is 1.95 bits per heavy atom. The number of hydrogen-bond donors (Lipinski definition) is 0. The van der Waals surface area contributed by atoms with Gasteiger partial charge in [-0.1, -0.05) is 13.8 Å². The van der Waals surface area contributed by atoms with Gasteiger partial charge in [-0.2, -0.15) is 4.31 Å². The summed E-state index contributed by atoms with van der Waals surface area (Å²) in [5, 5.41) is 0. The average molecular weight is 313 g/mol. The summed E-state index contributed by atoms with van der Waals surface area (Å²) >= 11 is 0. The molecule has 1 fully saturated rings. The van der Waals surface area contributed by atoms with Crippen molar-refractivity contribution >= 4 is 10.0 Å². The summed E-state index contributed by atoms with van der Waals surface area (Å²) in [5.74, 6) is 0.958. The third-order valence-electron chi connectivity index (χ3n) is 3.51.